The summed E-state index contributed by atoms with van der Waals surface area (Å²) in [6, 6.07) is 7.23. The monoisotopic (exact) mass is 428 g/mol. The van der Waals surface area contributed by atoms with E-state index >= 15 is 0 Å². The molecule has 0 saturated carbocycles. The van der Waals surface area contributed by atoms with E-state index in [2.05, 4.69) is 4.98 Å². The summed E-state index contributed by atoms with van der Waals surface area (Å²) in [5, 5.41) is 0.565. The van der Waals surface area contributed by atoms with Gasteiger partial charge in [0.2, 0.25) is 11.8 Å². The molecule has 30 heavy (non-hydrogen) atoms. The number of benzene rings is 1. The van der Waals surface area contributed by atoms with Crippen LogP contribution in [0.4, 0.5) is 0 Å². The van der Waals surface area contributed by atoms with Crippen LogP contribution in [0.3, 0.4) is 0 Å². The summed E-state index contributed by atoms with van der Waals surface area (Å²) in [5.74, 6) is 0.299. The quantitative estimate of drug-likeness (QED) is 0.760. The molecule has 0 radical (unpaired) electrons. The first-order valence-corrected chi connectivity index (χ1v) is 11.2. The van der Waals surface area contributed by atoms with Gasteiger partial charge < -0.3 is 14.8 Å². The van der Waals surface area contributed by atoms with E-state index in [9.17, 15) is 14.4 Å². The highest BCUT2D eigenvalue weighted by Gasteiger charge is 2.30. The normalized spacial score (nSPS) is 18.0. The first-order chi connectivity index (χ1) is 14.5. The minimum atomic E-state index is -0.173. The number of likely N-dealkylation sites (tertiary alicyclic amines) is 2. The number of fused-ring (bicyclic) bond motifs is 1. The Morgan fingerprint density at radius 3 is 2.43 bits per heavy atom. The van der Waals surface area contributed by atoms with E-state index in [0.717, 1.165) is 38.8 Å². The largest absolute Gasteiger partial charge is 0.343 e. The molecule has 4 rings (SSSR count). The second-order valence-electron chi connectivity index (χ2n) is 8.22. The van der Waals surface area contributed by atoms with Gasteiger partial charge in [-0.3, -0.25) is 19.0 Å². The number of carbonyl (C=O) groups excluding carboxylic acids is 2. The van der Waals surface area contributed by atoms with Crippen molar-refractivity contribution in [3.05, 3.63) is 39.4 Å². The van der Waals surface area contributed by atoms with E-state index in [1.807, 2.05) is 28.0 Å². The molecule has 0 aliphatic carbocycles. The Morgan fingerprint density at radius 1 is 1.00 bits per heavy atom. The van der Waals surface area contributed by atoms with Crippen molar-refractivity contribution in [1.82, 2.24) is 19.4 Å². The van der Waals surface area contributed by atoms with Crippen molar-refractivity contribution in [3.63, 3.8) is 0 Å². The van der Waals surface area contributed by atoms with Crippen molar-refractivity contribution >= 4 is 34.9 Å². The number of carbonyl (C=O) groups is 2. The molecule has 8 heteroatoms. The van der Waals surface area contributed by atoms with Gasteiger partial charge in [-0.25, -0.2) is 0 Å². The Hall–Kier alpha value is -2.48. The molecular weight excluding hydrogens is 400 g/mol. The van der Waals surface area contributed by atoms with Crippen LogP contribution in [0.2, 0.25) is 0 Å². The van der Waals surface area contributed by atoms with E-state index < -0.39 is 0 Å². The van der Waals surface area contributed by atoms with Gasteiger partial charge in [0.25, 0.3) is 5.56 Å². The zero-order chi connectivity index (χ0) is 21.1. The molecule has 2 fully saturated rings. The zero-order valence-corrected chi connectivity index (χ0v) is 18.0. The van der Waals surface area contributed by atoms with Gasteiger partial charge in [0.05, 0.1) is 10.9 Å². The molecule has 0 unspecified atom stereocenters. The lowest BCUT2D eigenvalue weighted by atomic mass is 9.94. The Labute approximate surface area is 180 Å². The summed E-state index contributed by atoms with van der Waals surface area (Å²) in [4.78, 5) is 45.0. The summed E-state index contributed by atoms with van der Waals surface area (Å²) in [6.07, 6.45) is 5.06. The van der Waals surface area contributed by atoms with Crippen LogP contribution in [-0.4, -0.2) is 57.3 Å². The third kappa shape index (κ3) is 4.33. The summed E-state index contributed by atoms with van der Waals surface area (Å²) >= 11 is 5.32. The number of hydrogen-bond donors (Lipinski definition) is 1. The fourth-order valence-electron chi connectivity index (χ4n) is 4.52. The van der Waals surface area contributed by atoms with E-state index in [4.69, 9.17) is 12.2 Å². The summed E-state index contributed by atoms with van der Waals surface area (Å²) in [6.45, 7) is 3.20. The number of nitrogens with one attached hydrogen (secondary N) is 1. The predicted octanol–water partition coefficient (Wildman–Crippen LogP) is 2.70. The molecule has 0 atom stereocenters. The summed E-state index contributed by atoms with van der Waals surface area (Å²) in [5.41, 5.74) is 0.531. The van der Waals surface area contributed by atoms with E-state index in [1.165, 1.54) is 11.0 Å². The van der Waals surface area contributed by atoms with E-state index in [0.29, 0.717) is 28.8 Å². The van der Waals surface area contributed by atoms with E-state index in [1.54, 1.807) is 6.07 Å². The van der Waals surface area contributed by atoms with Gasteiger partial charge >= 0.3 is 0 Å². The fraction of sp³-hybridized carbons (Fsp3) is 0.545. The molecule has 0 spiro atoms. The highest BCUT2D eigenvalue weighted by Crippen LogP contribution is 2.22. The molecule has 7 nitrogen and oxygen atoms in total. The van der Waals surface area contributed by atoms with Crippen LogP contribution in [0.15, 0.2) is 29.1 Å². The summed E-state index contributed by atoms with van der Waals surface area (Å²) < 4.78 is 1.79. The number of piperidine rings is 2. The Balaban J connectivity index is 1.33. The van der Waals surface area contributed by atoms with Crippen LogP contribution in [0.5, 0.6) is 0 Å². The number of amides is 2. The van der Waals surface area contributed by atoms with Crippen LogP contribution in [0.1, 0.15) is 38.5 Å². The van der Waals surface area contributed by atoms with Crippen molar-refractivity contribution < 1.29 is 9.59 Å². The summed E-state index contributed by atoms with van der Waals surface area (Å²) in [7, 11) is 0. The molecule has 0 bridgehead atoms. The van der Waals surface area contributed by atoms with Gasteiger partial charge in [0.1, 0.15) is 0 Å². The zero-order valence-electron chi connectivity index (χ0n) is 17.1. The Bertz CT molecular complexity index is 1050. The fourth-order valence-corrected chi connectivity index (χ4v) is 4.80. The molecule has 160 valence electrons. The molecule has 1 aromatic heterocycles. The highest BCUT2D eigenvalue weighted by molar-refractivity contribution is 7.71. The van der Waals surface area contributed by atoms with Crippen molar-refractivity contribution in [3.8, 4) is 0 Å². The maximum atomic E-state index is 12.7. The maximum absolute atomic E-state index is 12.7. The van der Waals surface area contributed by atoms with Gasteiger partial charge in [-0.1, -0.05) is 12.1 Å². The number of para-hydroxylation sites is 1. The maximum Gasteiger partial charge on any atom is 0.262 e. The van der Waals surface area contributed by atoms with Gasteiger partial charge in [0, 0.05) is 45.1 Å². The van der Waals surface area contributed by atoms with Crippen LogP contribution in [-0.2, 0) is 16.1 Å². The molecule has 1 N–H and O–H groups in total. The van der Waals surface area contributed by atoms with Gasteiger partial charge in [0.15, 0.2) is 4.77 Å². The number of aromatic amines is 1. The van der Waals surface area contributed by atoms with Crippen molar-refractivity contribution in [2.75, 3.05) is 26.2 Å². The smallest absolute Gasteiger partial charge is 0.262 e. The molecule has 2 aromatic rings. The molecule has 3 heterocycles. The van der Waals surface area contributed by atoms with Crippen molar-refractivity contribution in [2.45, 2.75) is 45.1 Å². The van der Waals surface area contributed by atoms with Crippen LogP contribution in [0, 0.1) is 10.7 Å². The van der Waals surface area contributed by atoms with Crippen LogP contribution < -0.4 is 5.56 Å². The molecule has 1 aromatic carbocycles. The first kappa shape index (κ1) is 20.8. The van der Waals surface area contributed by atoms with Gasteiger partial charge in [-0.15, -0.1) is 0 Å². The molecule has 2 aliphatic heterocycles. The predicted molar refractivity (Wildman–Crippen MR) is 118 cm³/mol. The lowest BCUT2D eigenvalue weighted by molar-refractivity contribution is -0.141. The SMILES string of the molecule is O=C(CCn1c(=S)[nH]c2ccccc2c1=O)N1CCC(C(=O)N2CCCCC2)CC1. The number of hydrogen-bond acceptors (Lipinski definition) is 4. The van der Waals surface area contributed by atoms with Crippen molar-refractivity contribution in [2.24, 2.45) is 5.92 Å². The standard InChI is InChI=1S/C22H28N4O3S/c27-19(10-15-26-21(29)17-6-2-3-7-18(17)23-22(26)30)24-13-8-16(9-14-24)20(28)25-11-4-1-5-12-25/h2-3,6-7,16H,1,4-5,8-15H2,(H,23,30). The van der Waals surface area contributed by atoms with Crippen molar-refractivity contribution in [1.29, 1.82) is 0 Å². The second-order valence-corrected chi connectivity index (χ2v) is 8.61. The second kappa shape index (κ2) is 9.12. The highest BCUT2D eigenvalue weighted by atomic mass is 32.1. The Kier molecular flexibility index (Phi) is 6.32. The number of aromatic nitrogens is 2. The van der Waals surface area contributed by atoms with Gasteiger partial charge in [-0.05, 0) is 56.5 Å². The Morgan fingerprint density at radius 2 is 1.70 bits per heavy atom. The number of nitrogens with zero attached hydrogens (tertiary/aromatic N) is 3. The molecule has 2 amide bonds. The minimum Gasteiger partial charge on any atom is -0.343 e. The average molecular weight is 429 g/mol. The first-order valence-electron chi connectivity index (χ1n) is 10.8. The molecule has 2 saturated heterocycles. The third-order valence-corrected chi connectivity index (χ3v) is 6.63. The lowest BCUT2D eigenvalue weighted by Crippen LogP contribution is -2.45. The minimum absolute atomic E-state index is 0.00771. The van der Waals surface area contributed by atoms with Crippen LogP contribution >= 0.6 is 12.2 Å². The lowest BCUT2D eigenvalue weighted by Gasteiger charge is -2.35. The number of H-pyrrole nitrogens is 1. The topological polar surface area (TPSA) is 78.4 Å². The number of rotatable bonds is 4. The van der Waals surface area contributed by atoms with Gasteiger partial charge in [-0.2, -0.15) is 0 Å². The molecular formula is C22H28N4O3S. The average Bonchev–Trinajstić information content (AvgIpc) is 2.79. The molecule has 2 aliphatic rings. The van der Waals surface area contributed by atoms with E-state index in [-0.39, 0.29) is 36.3 Å². The third-order valence-electron chi connectivity index (χ3n) is 6.30. The van der Waals surface area contributed by atoms with Crippen LogP contribution in [0.25, 0.3) is 10.9 Å².